The van der Waals surface area contributed by atoms with Gasteiger partial charge in [0.1, 0.15) is 0 Å². The Morgan fingerprint density at radius 1 is 1.25 bits per heavy atom. The number of benzene rings is 1. The number of hydrogen-bond donors (Lipinski definition) is 1. The zero-order valence-corrected chi connectivity index (χ0v) is 14.5. The van der Waals surface area contributed by atoms with Crippen LogP contribution >= 0.6 is 0 Å². The van der Waals surface area contributed by atoms with E-state index in [1.807, 2.05) is 18.2 Å². The third-order valence-electron chi connectivity index (χ3n) is 3.60. The summed E-state index contributed by atoms with van der Waals surface area (Å²) in [5, 5.41) is 11.1. The van der Waals surface area contributed by atoms with Crippen LogP contribution in [0.3, 0.4) is 0 Å². The number of rotatable bonds is 8. The maximum atomic E-state index is 12.0. The molecular formula is C18H24N4O2. The molecule has 128 valence electrons. The van der Waals surface area contributed by atoms with Gasteiger partial charge in [0.25, 0.3) is 5.91 Å². The first-order valence-electron chi connectivity index (χ1n) is 8.10. The Bertz CT molecular complexity index is 658. The Balaban J connectivity index is 2.06. The number of anilines is 2. The predicted molar refractivity (Wildman–Crippen MR) is 94.7 cm³/mol. The lowest BCUT2D eigenvalue weighted by Crippen LogP contribution is -2.26. The number of carbonyl (C=O) groups is 1. The standard InChI is InChI=1S/C18H24N4O2/c1-4-22(15-8-5-7-14(2)13-15)17-10-9-16(20-21-17)18(23)19-11-6-12-24-3/h5,7-10,13H,4,6,11-12H2,1-3H3,(H,19,23). The Morgan fingerprint density at radius 2 is 2.08 bits per heavy atom. The van der Waals surface area contributed by atoms with Crippen LogP contribution in [0.2, 0.25) is 0 Å². The van der Waals surface area contributed by atoms with Gasteiger partial charge in [0.2, 0.25) is 0 Å². The van der Waals surface area contributed by atoms with Gasteiger partial charge < -0.3 is 15.0 Å². The molecule has 0 fully saturated rings. The van der Waals surface area contributed by atoms with Crippen molar-refractivity contribution in [1.82, 2.24) is 15.5 Å². The van der Waals surface area contributed by atoms with Crippen molar-refractivity contribution in [3.05, 3.63) is 47.7 Å². The van der Waals surface area contributed by atoms with Crippen LogP contribution in [0.5, 0.6) is 0 Å². The van der Waals surface area contributed by atoms with E-state index in [0.717, 1.165) is 24.5 Å². The molecule has 2 aromatic rings. The summed E-state index contributed by atoms with van der Waals surface area (Å²) in [6.07, 6.45) is 0.769. The Hall–Kier alpha value is -2.47. The third kappa shape index (κ3) is 4.76. The lowest BCUT2D eigenvalue weighted by molar-refractivity contribution is 0.0942. The van der Waals surface area contributed by atoms with Crippen molar-refractivity contribution in [1.29, 1.82) is 0 Å². The van der Waals surface area contributed by atoms with Crippen molar-refractivity contribution in [3.63, 3.8) is 0 Å². The van der Waals surface area contributed by atoms with Crippen LogP contribution < -0.4 is 10.2 Å². The summed E-state index contributed by atoms with van der Waals surface area (Å²) >= 11 is 0. The van der Waals surface area contributed by atoms with Crippen molar-refractivity contribution in [2.45, 2.75) is 20.3 Å². The maximum Gasteiger partial charge on any atom is 0.271 e. The van der Waals surface area contributed by atoms with Gasteiger partial charge in [0.05, 0.1) is 0 Å². The lowest BCUT2D eigenvalue weighted by Gasteiger charge is -2.22. The van der Waals surface area contributed by atoms with Crippen LogP contribution in [0.25, 0.3) is 0 Å². The normalized spacial score (nSPS) is 10.5. The Morgan fingerprint density at radius 3 is 2.71 bits per heavy atom. The zero-order valence-electron chi connectivity index (χ0n) is 14.5. The number of nitrogens with one attached hydrogen (secondary N) is 1. The van der Waals surface area contributed by atoms with Gasteiger partial charge in [0.15, 0.2) is 11.5 Å². The van der Waals surface area contributed by atoms with E-state index in [1.165, 1.54) is 5.56 Å². The van der Waals surface area contributed by atoms with Crippen LogP contribution in [-0.4, -0.2) is 42.9 Å². The van der Waals surface area contributed by atoms with Crippen molar-refractivity contribution in [2.24, 2.45) is 0 Å². The molecule has 0 saturated heterocycles. The van der Waals surface area contributed by atoms with Gasteiger partial charge in [-0.1, -0.05) is 12.1 Å². The van der Waals surface area contributed by atoms with Gasteiger partial charge in [-0.3, -0.25) is 4.79 Å². The molecule has 1 aromatic heterocycles. The van der Waals surface area contributed by atoms with Gasteiger partial charge in [-0.2, -0.15) is 0 Å². The maximum absolute atomic E-state index is 12.0. The lowest BCUT2D eigenvalue weighted by atomic mass is 10.2. The molecule has 1 heterocycles. The molecule has 1 amide bonds. The number of ether oxygens (including phenoxy) is 1. The van der Waals surface area contributed by atoms with Crippen LogP contribution in [0.4, 0.5) is 11.5 Å². The average Bonchev–Trinajstić information content (AvgIpc) is 2.60. The van der Waals surface area contributed by atoms with Gasteiger partial charge in [-0.25, -0.2) is 0 Å². The highest BCUT2D eigenvalue weighted by Gasteiger charge is 2.12. The second kappa shape index (κ2) is 8.98. The molecule has 0 radical (unpaired) electrons. The average molecular weight is 328 g/mol. The Labute approximate surface area is 142 Å². The third-order valence-corrected chi connectivity index (χ3v) is 3.60. The minimum atomic E-state index is -0.219. The van der Waals surface area contributed by atoms with E-state index < -0.39 is 0 Å². The molecule has 0 bridgehead atoms. The second-order valence-electron chi connectivity index (χ2n) is 5.46. The zero-order chi connectivity index (χ0) is 17.4. The summed E-state index contributed by atoms with van der Waals surface area (Å²) in [6.45, 7) is 6.05. The highest BCUT2D eigenvalue weighted by atomic mass is 16.5. The molecule has 0 aliphatic heterocycles. The van der Waals surface area contributed by atoms with Crippen LogP contribution in [0.1, 0.15) is 29.4 Å². The highest BCUT2D eigenvalue weighted by molar-refractivity contribution is 5.92. The molecule has 1 aromatic carbocycles. The minimum absolute atomic E-state index is 0.219. The van der Waals surface area contributed by atoms with Crippen LogP contribution in [-0.2, 0) is 4.74 Å². The van der Waals surface area contributed by atoms with Gasteiger partial charge in [-0.15, -0.1) is 10.2 Å². The molecule has 0 unspecified atom stereocenters. The number of methoxy groups -OCH3 is 1. The van der Waals surface area contributed by atoms with Crippen molar-refractivity contribution in [3.8, 4) is 0 Å². The summed E-state index contributed by atoms with van der Waals surface area (Å²) in [6, 6.07) is 11.7. The molecular weight excluding hydrogens is 304 g/mol. The first-order chi connectivity index (χ1) is 11.7. The van der Waals surface area contributed by atoms with Crippen molar-refractivity contribution in [2.75, 3.05) is 31.7 Å². The highest BCUT2D eigenvalue weighted by Crippen LogP contribution is 2.23. The van der Waals surface area contributed by atoms with Crippen molar-refractivity contribution < 1.29 is 9.53 Å². The van der Waals surface area contributed by atoms with Gasteiger partial charge in [0, 0.05) is 32.5 Å². The van der Waals surface area contributed by atoms with Crippen molar-refractivity contribution >= 4 is 17.4 Å². The summed E-state index contributed by atoms with van der Waals surface area (Å²) in [5.74, 6) is 0.503. The number of hydrogen-bond acceptors (Lipinski definition) is 5. The predicted octanol–water partition coefficient (Wildman–Crippen LogP) is 2.71. The van der Waals surface area contributed by atoms with E-state index in [4.69, 9.17) is 4.74 Å². The van der Waals surface area contributed by atoms with E-state index in [9.17, 15) is 4.79 Å². The largest absolute Gasteiger partial charge is 0.385 e. The van der Waals surface area contributed by atoms with E-state index in [2.05, 4.69) is 46.4 Å². The quantitative estimate of drug-likeness (QED) is 0.755. The van der Waals surface area contributed by atoms with Gasteiger partial charge in [-0.05, 0) is 50.1 Å². The number of amides is 1. The fourth-order valence-electron chi connectivity index (χ4n) is 2.37. The summed E-state index contributed by atoms with van der Waals surface area (Å²) < 4.78 is 4.95. The van der Waals surface area contributed by atoms with E-state index >= 15 is 0 Å². The smallest absolute Gasteiger partial charge is 0.271 e. The molecule has 2 rings (SSSR count). The monoisotopic (exact) mass is 328 g/mol. The molecule has 0 aliphatic carbocycles. The summed E-state index contributed by atoms with van der Waals surface area (Å²) in [4.78, 5) is 14.1. The van der Waals surface area contributed by atoms with Crippen LogP contribution in [0.15, 0.2) is 36.4 Å². The molecule has 0 aliphatic rings. The minimum Gasteiger partial charge on any atom is -0.385 e. The topological polar surface area (TPSA) is 67.4 Å². The summed E-state index contributed by atoms with van der Waals surface area (Å²) in [5.41, 5.74) is 2.56. The van der Waals surface area contributed by atoms with Crippen LogP contribution in [0, 0.1) is 6.92 Å². The first-order valence-corrected chi connectivity index (χ1v) is 8.10. The number of aromatic nitrogens is 2. The number of aryl methyl sites for hydroxylation is 1. The number of nitrogens with zero attached hydrogens (tertiary/aromatic N) is 3. The SMILES string of the molecule is CCN(c1cccc(C)c1)c1ccc(C(=O)NCCCOC)nn1. The second-order valence-corrected chi connectivity index (χ2v) is 5.46. The Kier molecular flexibility index (Phi) is 6.69. The molecule has 0 saturated carbocycles. The van der Waals surface area contributed by atoms with E-state index in [-0.39, 0.29) is 5.91 Å². The van der Waals surface area contributed by atoms with Gasteiger partial charge >= 0.3 is 0 Å². The molecule has 0 spiro atoms. The fraction of sp³-hybridized carbons (Fsp3) is 0.389. The molecule has 6 heteroatoms. The number of carbonyl (C=O) groups excluding carboxylic acids is 1. The van der Waals surface area contributed by atoms with E-state index in [1.54, 1.807) is 13.2 Å². The fourth-order valence-corrected chi connectivity index (χ4v) is 2.37. The van der Waals surface area contributed by atoms with E-state index in [0.29, 0.717) is 18.8 Å². The summed E-state index contributed by atoms with van der Waals surface area (Å²) in [7, 11) is 1.64. The molecule has 1 N–H and O–H groups in total. The molecule has 0 atom stereocenters. The first kappa shape index (κ1) is 17.9. The molecule has 24 heavy (non-hydrogen) atoms. The molecule has 6 nitrogen and oxygen atoms in total.